The molecule has 2 bridgehead atoms. The van der Waals surface area contributed by atoms with Crippen molar-refractivity contribution >= 4 is 28.2 Å². The fourth-order valence-corrected chi connectivity index (χ4v) is 3.89. The summed E-state index contributed by atoms with van der Waals surface area (Å²) in [7, 11) is -4.81. The van der Waals surface area contributed by atoms with Gasteiger partial charge in [-0.05, 0) is 12.8 Å². The molecular weight excluding hydrogens is 368 g/mol. The lowest BCUT2D eigenvalue weighted by Gasteiger charge is -2.31. The molecule has 1 unspecified atom stereocenters. The summed E-state index contributed by atoms with van der Waals surface area (Å²) in [6.45, 7) is 2.44. The first-order valence-corrected chi connectivity index (χ1v) is 9.70. The quantitative estimate of drug-likeness (QED) is 0.205. The number of piperazine rings is 1. The molecule has 12 nitrogen and oxygen atoms in total. The predicted molar refractivity (Wildman–Crippen MR) is 88.5 cm³/mol. The van der Waals surface area contributed by atoms with Crippen LogP contribution in [0.1, 0.15) is 19.3 Å². The Morgan fingerprint density at radius 3 is 2.81 bits per heavy atom. The molecule has 0 aromatic heterocycles. The van der Waals surface area contributed by atoms with Gasteiger partial charge in [-0.25, -0.2) is 4.79 Å². The lowest BCUT2D eigenvalue weighted by molar-refractivity contribution is -0.120. The number of amides is 3. The van der Waals surface area contributed by atoms with Gasteiger partial charge < -0.3 is 20.9 Å². The van der Waals surface area contributed by atoms with Crippen molar-refractivity contribution in [3.8, 4) is 0 Å². The number of urea groups is 1. The number of fused-ring (bicyclic) bond motifs is 2. The number of amidine groups is 1. The maximum absolute atomic E-state index is 12.3. The molecule has 26 heavy (non-hydrogen) atoms. The topological polar surface area (TPSA) is 164 Å². The molecule has 3 aliphatic rings. The molecule has 5 N–H and O–H groups in total. The van der Waals surface area contributed by atoms with E-state index in [9.17, 15) is 18.0 Å². The van der Waals surface area contributed by atoms with Crippen molar-refractivity contribution in [1.82, 2.24) is 25.9 Å². The SMILES string of the molecule is N=C(NC(=O)CC1CNCCN1)[C@@H]1CC[C@@H]2CN1C(=O)N2OS(=O)(=O)O. The lowest BCUT2D eigenvalue weighted by Crippen LogP contribution is -2.53. The molecule has 0 aromatic rings. The molecule has 3 atom stereocenters. The Hall–Kier alpha value is -1.80. The minimum atomic E-state index is -4.81. The third-order valence-electron chi connectivity index (χ3n) is 4.66. The smallest absolute Gasteiger partial charge is 0.314 e. The van der Waals surface area contributed by atoms with Gasteiger partial charge in [-0.2, -0.15) is 13.5 Å². The number of nitrogens with one attached hydrogen (secondary N) is 4. The summed E-state index contributed by atoms with van der Waals surface area (Å²) in [5, 5.41) is 17.6. The monoisotopic (exact) mass is 390 g/mol. The third kappa shape index (κ3) is 4.29. The number of hydrogen-bond acceptors (Lipinski definition) is 8. The van der Waals surface area contributed by atoms with Crippen LogP contribution in [-0.2, 0) is 19.5 Å². The third-order valence-corrected chi connectivity index (χ3v) is 5.01. The molecule has 0 aliphatic carbocycles. The summed E-state index contributed by atoms with van der Waals surface area (Å²) < 4.78 is 34.9. The van der Waals surface area contributed by atoms with Crippen LogP contribution in [0.5, 0.6) is 0 Å². The van der Waals surface area contributed by atoms with Gasteiger partial charge in [-0.1, -0.05) is 0 Å². The highest BCUT2D eigenvalue weighted by Crippen LogP contribution is 2.30. The van der Waals surface area contributed by atoms with E-state index < -0.39 is 28.5 Å². The van der Waals surface area contributed by atoms with Gasteiger partial charge in [0.2, 0.25) is 5.91 Å². The largest absolute Gasteiger partial charge is 0.418 e. The van der Waals surface area contributed by atoms with Crippen molar-refractivity contribution in [3.05, 3.63) is 0 Å². The van der Waals surface area contributed by atoms with Crippen LogP contribution in [0.15, 0.2) is 0 Å². The number of hydroxylamine groups is 2. The van der Waals surface area contributed by atoms with Crippen LogP contribution >= 0.6 is 0 Å². The fourth-order valence-electron chi connectivity index (χ4n) is 3.50. The van der Waals surface area contributed by atoms with Crippen LogP contribution < -0.4 is 16.0 Å². The highest BCUT2D eigenvalue weighted by atomic mass is 32.3. The Morgan fingerprint density at radius 2 is 2.15 bits per heavy atom. The zero-order valence-corrected chi connectivity index (χ0v) is 14.8. The van der Waals surface area contributed by atoms with Crippen LogP contribution in [0.3, 0.4) is 0 Å². The summed E-state index contributed by atoms with van der Waals surface area (Å²) >= 11 is 0. The predicted octanol–water partition coefficient (Wildman–Crippen LogP) is -1.97. The molecule has 3 fully saturated rings. The highest BCUT2D eigenvalue weighted by Gasteiger charge is 2.48. The molecule has 3 rings (SSSR count). The second-order valence-corrected chi connectivity index (χ2v) is 7.54. The number of carbonyl (C=O) groups is 2. The Labute approximate surface area is 150 Å². The zero-order chi connectivity index (χ0) is 18.9. The summed E-state index contributed by atoms with van der Waals surface area (Å²) in [6, 6.07) is -1.97. The lowest BCUT2D eigenvalue weighted by atomic mass is 10.00. The van der Waals surface area contributed by atoms with Crippen LogP contribution in [0.25, 0.3) is 0 Å². The normalized spacial score (nSPS) is 29.0. The molecule has 0 aromatic carbocycles. The van der Waals surface area contributed by atoms with Crippen molar-refractivity contribution < 1.29 is 26.8 Å². The van der Waals surface area contributed by atoms with Gasteiger partial charge >= 0.3 is 16.4 Å². The second-order valence-electron chi connectivity index (χ2n) is 6.53. The summed E-state index contributed by atoms with van der Waals surface area (Å²) in [5.74, 6) is -0.435. The second kappa shape index (κ2) is 7.44. The van der Waals surface area contributed by atoms with Gasteiger partial charge in [0.1, 0.15) is 5.84 Å². The first-order valence-electron chi connectivity index (χ1n) is 8.34. The highest BCUT2D eigenvalue weighted by molar-refractivity contribution is 7.80. The van der Waals surface area contributed by atoms with E-state index in [1.165, 1.54) is 4.90 Å². The molecule has 3 amide bonds. The standard InChI is InChI=1S/C13H22N6O6S/c14-12(17-11(20)5-8-6-15-3-4-16-8)10-2-1-9-7-18(10)13(21)19(9)25-26(22,23)24/h8-10,15-16H,1-7H2,(H2,14,17,20)(H,22,23,24)/t8?,9-,10+/m1/s1. The van der Waals surface area contributed by atoms with Gasteiger partial charge in [0, 0.05) is 38.6 Å². The van der Waals surface area contributed by atoms with Gasteiger partial charge in [0.05, 0.1) is 12.1 Å². The van der Waals surface area contributed by atoms with Crippen molar-refractivity contribution in [2.24, 2.45) is 0 Å². The number of nitrogens with zero attached hydrogens (tertiary/aromatic N) is 2. The molecule has 3 saturated heterocycles. The number of carbonyl (C=O) groups excluding carboxylic acids is 2. The van der Waals surface area contributed by atoms with E-state index in [4.69, 9.17) is 9.96 Å². The summed E-state index contributed by atoms with van der Waals surface area (Å²) in [5.41, 5.74) is 0. The maximum atomic E-state index is 12.3. The number of piperidine rings is 1. The van der Waals surface area contributed by atoms with Crippen molar-refractivity contribution in [1.29, 1.82) is 5.41 Å². The average molecular weight is 390 g/mol. The van der Waals surface area contributed by atoms with E-state index in [2.05, 4.69) is 20.2 Å². The van der Waals surface area contributed by atoms with E-state index in [1.54, 1.807) is 0 Å². The minimum Gasteiger partial charge on any atom is -0.314 e. The number of hydrogen-bond donors (Lipinski definition) is 5. The Morgan fingerprint density at radius 1 is 1.38 bits per heavy atom. The average Bonchev–Trinajstić information content (AvgIpc) is 2.79. The van der Waals surface area contributed by atoms with E-state index in [-0.39, 0.29) is 30.8 Å². The van der Waals surface area contributed by atoms with E-state index >= 15 is 0 Å². The molecule has 0 spiro atoms. The van der Waals surface area contributed by atoms with Crippen LogP contribution in [-0.4, -0.2) is 85.0 Å². The first kappa shape index (κ1) is 19.0. The van der Waals surface area contributed by atoms with Crippen LogP contribution in [0, 0.1) is 5.41 Å². The van der Waals surface area contributed by atoms with Gasteiger partial charge in [0.15, 0.2) is 0 Å². The van der Waals surface area contributed by atoms with Crippen molar-refractivity contribution in [2.45, 2.75) is 37.4 Å². The van der Waals surface area contributed by atoms with Crippen LogP contribution in [0.2, 0.25) is 0 Å². The summed E-state index contributed by atoms with van der Waals surface area (Å²) in [4.78, 5) is 25.7. The molecule has 13 heteroatoms. The first-order chi connectivity index (χ1) is 12.2. The van der Waals surface area contributed by atoms with Crippen molar-refractivity contribution in [3.63, 3.8) is 0 Å². The molecule has 3 heterocycles. The van der Waals surface area contributed by atoms with E-state index in [0.717, 1.165) is 13.1 Å². The van der Waals surface area contributed by atoms with E-state index in [1.807, 2.05) is 0 Å². The molecule has 0 saturated carbocycles. The van der Waals surface area contributed by atoms with Gasteiger partial charge in [-0.3, -0.25) is 14.8 Å². The Bertz CT molecular complexity index is 693. The molecular formula is C13H22N6O6S. The van der Waals surface area contributed by atoms with E-state index in [0.29, 0.717) is 24.4 Å². The zero-order valence-electron chi connectivity index (χ0n) is 14.0. The number of rotatable bonds is 5. The maximum Gasteiger partial charge on any atom is 0.418 e. The minimum absolute atomic E-state index is 0.0145. The Balaban J connectivity index is 1.57. The Kier molecular flexibility index (Phi) is 5.43. The molecule has 3 aliphatic heterocycles. The molecule has 146 valence electrons. The van der Waals surface area contributed by atoms with Gasteiger partial charge in [0.25, 0.3) is 0 Å². The molecule has 0 radical (unpaired) electrons. The fraction of sp³-hybridized carbons (Fsp3) is 0.769. The van der Waals surface area contributed by atoms with Gasteiger partial charge in [-0.15, -0.1) is 4.28 Å². The summed E-state index contributed by atoms with van der Waals surface area (Å²) in [6.07, 6.45) is 0.968. The van der Waals surface area contributed by atoms with Crippen LogP contribution in [0.4, 0.5) is 4.79 Å². The van der Waals surface area contributed by atoms with Crippen molar-refractivity contribution in [2.75, 3.05) is 26.2 Å².